The minimum absolute atomic E-state index is 0.0244. The fourth-order valence-electron chi connectivity index (χ4n) is 4.35. The maximum Gasteiger partial charge on any atom is 0.208 e. The summed E-state index contributed by atoms with van der Waals surface area (Å²) in [5.41, 5.74) is 1.84. The van der Waals surface area contributed by atoms with Gasteiger partial charge in [-0.2, -0.15) is 5.26 Å². The van der Waals surface area contributed by atoms with Crippen molar-refractivity contribution >= 4 is 33.2 Å². The third kappa shape index (κ3) is 6.37. The van der Waals surface area contributed by atoms with Gasteiger partial charge in [-0.05, 0) is 48.2 Å². The summed E-state index contributed by atoms with van der Waals surface area (Å²) in [7, 11) is -3.19. The number of hydrogen-bond acceptors (Lipinski definition) is 5. The standard InChI is InChI=1S/C25H30Cl2N2O4S/c1-24(2,19-11-17(15-28)23(22(27)12-19)32-10-9-26)18-5-7-21(8-6-18)33-16-25(3)13-20(14-25)29-34(4,30)31/h5-8,11-12,20,29H,9-10,13-14,16H2,1-4H3. The summed E-state index contributed by atoms with van der Waals surface area (Å²) >= 11 is 12.1. The zero-order valence-electron chi connectivity index (χ0n) is 19.8. The molecule has 0 saturated heterocycles. The van der Waals surface area contributed by atoms with Gasteiger partial charge in [0.2, 0.25) is 10.0 Å². The van der Waals surface area contributed by atoms with Gasteiger partial charge in [-0.3, -0.25) is 0 Å². The lowest BCUT2D eigenvalue weighted by molar-refractivity contribution is 0.0524. The summed E-state index contributed by atoms with van der Waals surface area (Å²) in [6, 6.07) is 13.6. The lowest BCUT2D eigenvalue weighted by Crippen LogP contribution is -2.51. The Hall–Kier alpha value is -1.98. The highest BCUT2D eigenvalue weighted by molar-refractivity contribution is 7.88. The van der Waals surface area contributed by atoms with Gasteiger partial charge >= 0.3 is 0 Å². The summed E-state index contributed by atoms with van der Waals surface area (Å²) in [5, 5.41) is 9.97. The number of alkyl halides is 1. The third-order valence-electron chi connectivity index (χ3n) is 6.23. The van der Waals surface area contributed by atoms with Gasteiger partial charge in [0.25, 0.3) is 0 Å². The van der Waals surface area contributed by atoms with Crippen LogP contribution in [0.5, 0.6) is 11.5 Å². The first-order chi connectivity index (χ1) is 15.9. The van der Waals surface area contributed by atoms with Crippen LogP contribution in [0.1, 0.15) is 50.3 Å². The fourth-order valence-corrected chi connectivity index (χ4v) is 5.47. The summed E-state index contributed by atoms with van der Waals surface area (Å²) < 4.78 is 37.0. The number of hydrogen-bond donors (Lipinski definition) is 1. The highest BCUT2D eigenvalue weighted by Gasteiger charge is 2.42. The molecule has 0 aliphatic heterocycles. The number of ether oxygens (including phenoxy) is 2. The van der Waals surface area contributed by atoms with E-state index >= 15 is 0 Å². The Kier molecular flexibility index (Phi) is 8.09. The molecule has 3 rings (SSSR count). The first-order valence-electron chi connectivity index (χ1n) is 11.0. The van der Waals surface area contributed by atoms with Gasteiger partial charge in [-0.15, -0.1) is 11.6 Å². The van der Waals surface area contributed by atoms with Crippen molar-refractivity contribution in [3.63, 3.8) is 0 Å². The van der Waals surface area contributed by atoms with E-state index in [-0.39, 0.29) is 18.1 Å². The highest BCUT2D eigenvalue weighted by atomic mass is 35.5. The van der Waals surface area contributed by atoms with Crippen LogP contribution in [-0.2, 0) is 15.4 Å². The van der Waals surface area contributed by atoms with E-state index in [4.69, 9.17) is 32.7 Å². The molecule has 0 heterocycles. The second-order valence-electron chi connectivity index (χ2n) is 9.73. The molecule has 1 N–H and O–H groups in total. The summed E-state index contributed by atoms with van der Waals surface area (Å²) in [4.78, 5) is 0. The van der Waals surface area contributed by atoms with E-state index in [0.29, 0.717) is 28.8 Å². The summed E-state index contributed by atoms with van der Waals surface area (Å²) in [6.07, 6.45) is 2.68. The van der Waals surface area contributed by atoms with Crippen molar-refractivity contribution in [1.29, 1.82) is 5.26 Å². The molecule has 0 bridgehead atoms. The molecule has 34 heavy (non-hydrogen) atoms. The van der Waals surface area contributed by atoms with Crippen LogP contribution in [0.15, 0.2) is 36.4 Å². The Morgan fingerprint density at radius 3 is 2.38 bits per heavy atom. The smallest absolute Gasteiger partial charge is 0.208 e. The van der Waals surface area contributed by atoms with Crippen molar-refractivity contribution in [3.05, 3.63) is 58.1 Å². The van der Waals surface area contributed by atoms with Crippen molar-refractivity contribution in [3.8, 4) is 17.6 Å². The topological polar surface area (TPSA) is 88.4 Å². The molecular formula is C25H30Cl2N2O4S. The van der Waals surface area contributed by atoms with E-state index in [0.717, 1.165) is 29.7 Å². The number of rotatable bonds is 10. The van der Waals surface area contributed by atoms with Gasteiger partial charge in [-0.25, -0.2) is 13.1 Å². The Morgan fingerprint density at radius 1 is 1.18 bits per heavy atom. The van der Waals surface area contributed by atoms with Gasteiger partial charge in [0.15, 0.2) is 5.75 Å². The third-order valence-corrected chi connectivity index (χ3v) is 7.43. The van der Waals surface area contributed by atoms with E-state index in [9.17, 15) is 13.7 Å². The minimum atomic E-state index is -3.19. The molecule has 0 unspecified atom stereocenters. The lowest BCUT2D eigenvalue weighted by atomic mass is 9.68. The van der Waals surface area contributed by atoms with Crippen LogP contribution in [0.2, 0.25) is 5.02 Å². The van der Waals surface area contributed by atoms with Gasteiger partial charge in [-0.1, -0.05) is 44.5 Å². The zero-order chi connectivity index (χ0) is 25.1. The van der Waals surface area contributed by atoms with E-state index in [1.54, 1.807) is 6.07 Å². The van der Waals surface area contributed by atoms with Crippen molar-refractivity contribution in [2.75, 3.05) is 25.3 Å². The molecule has 1 aliphatic rings. The van der Waals surface area contributed by atoms with Crippen molar-refractivity contribution in [2.24, 2.45) is 5.41 Å². The van der Waals surface area contributed by atoms with Crippen LogP contribution in [0.25, 0.3) is 0 Å². The molecule has 2 aromatic carbocycles. The molecule has 0 amide bonds. The number of nitriles is 1. The van der Waals surface area contributed by atoms with Gasteiger partial charge < -0.3 is 9.47 Å². The highest BCUT2D eigenvalue weighted by Crippen LogP contribution is 2.42. The lowest BCUT2D eigenvalue weighted by Gasteiger charge is -2.44. The molecule has 9 heteroatoms. The first-order valence-corrected chi connectivity index (χ1v) is 13.8. The molecule has 1 fully saturated rings. The maximum atomic E-state index is 11.4. The van der Waals surface area contributed by atoms with E-state index in [1.807, 2.05) is 30.3 Å². The number of benzene rings is 2. The normalized spacial score (nSPS) is 20.3. The van der Waals surface area contributed by atoms with Crippen LogP contribution in [-0.4, -0.2) is 39.8 Å². The number of nitrogens with one attached hydrogen (secondary N) is 1. The van der Waals surface area contributed by atoms with Gasteiger partial charge in [0.1, 0.15) is 18.4 Å². The molecular weight excluding hydrogens is 495 g/mol. The Morgan fingerprint density at radius 2 is 1.82 bits per heavy atom. The van der Waals surface area contributed by atoms with Gasteiger partial charge in [0, 0.05) is 16.9 Å². The van der Waals surface area contributed by atoms with Crippen LogP contribution in [0.3, 0.4) is 0 Å². The molecule has 0 atom stereocenters. The predicted octanol–water partition coefficient (Wildman–Crippen LogP) is 5.25. The maximum absolute atomic E-state index is 11.4. The van der Waals surface area contributed by atoms with Crippen LogP contribution in [0.4, 0.5) is 0 Å². The molecule has 6 nitrogen and oxygen atoms in total. The van der Waals surface area contributed by atoms with Crippen LogP contribution in [0, 0.1) is 16.7 Å². The van der Waals surface area contributed by atoms with Gasteiger partial charge in [0.05, 0.1) is 29.3 Å². The second-order valence-corrected chi connectivity index (χ2v) is 12.3. The fraction of sp³-hybridized carbons (Fsp3) is 0.480. The number of nitrogens with zero attached hydrogens (tertiary/aromatic N) is 1. The largest absolute Gasteiger partial charge is 0.493 e. The Bertz CT molecular complexity index is 1170. The SMILES string of the molecule is CC1(COc2ccc(C(C)(C)c3cc(Cl)c(OCCCl)c(C#N)c3)cc2)CC(NS(C)(=O)=O)C1. The second kappa shape index (κ2) is 10.3. The van der Waals surface area contributed by atoms with E-state index in [1.165, 1.54) is 6.26 Å². The molecule has 184 valence electrons. The van der Waals surface area contributed by atoms with Crippen molar-refractivity contribution in [1.82, 2.24) is 4.72 Å². The molecule has 0 radical (unpaired) electrons. The first kappa shape index (κ1) is 26.6. The average molecular weight is 525 g/mol. The minimum Gasteiger partial charge on any atom is -0.493 e. The van der Waals surface area contributed by atoms with E-state index in [2.05, 4.69) is 31.6 Å². The quantitative estimate of drug-likeness (QED) is 0.428. The number of halogens is 2. The van der Waals surface area contributed by atoms with Crippen LogP contribution >= 0.6 is 23.2 Å². The predicted molar refractivity (Wildman–Crippen MR) is 136 cm³/mol. The molecule has 2 aromatic rings. The summed E-state index contributed by atoms with van der Waals surface area (Å²) in [6.45, 7) is 7.03. The molecule has 1 saturated carbocycles. The molecule has 0 spiro atoms. The Labute approximate surface area is 212 Å². The Balaban J connectivity index is 1.68. The molecule has 0 aromatic heterocycles. The van der Waals surface area contributed by atoms with Crippen molar-refractivity contribution in [2.45, 2.75) is 45.1 Å². The van der Waals surface area contributed by atoms with Crippen LogP contribution < -0.4 is 14.2 Å². The summed E-state index contributed by atoms with van der Waals surface area (Å²) in [5.74, 6) is 1.41. The monoisotopic (exact) mass is 524 g/mol. The number of sulfonamides is 1. The average Bonchev–Trinajstić information content (AvgIpc) is 2.74. The molecule has 1 aliphatic carbocycles. The van der Waals surface area contributed by atoms with E-state index < -0.39 is 15.4 Å². The zero-order valence-corrected chi connectivity index (χ0v) is 22.1. The van der Waals surface area contributed by atoms with Crippen molar-refractivity contribution < 1.29 is 17.9 Å².